The van der Waals surface area contributed by atoms with Gasteiger partial charge < -0.3 is 5.73 Å². The van der Waals surface area contributed by atoms with E-state index in [2.05, 4.69) is 9.97 Å². The minimum atomic E-state index is -0.533. The molecule has 0 bridgehead atoms. The highest BCUT2D eigenvalue weighted by Crippen LogP contribution is 2.07. The lowest BCUT2D eigenvalue weighted by molar-refractivity contribution is 0.0995. The molecule has 76 valence electrons. The Kier molecular flexibility index (Phi) is 2.21. The Morgan fingerprint density at radius 1 is 1.47 bits per heavy atom. The highest BCUT2D eigenvalue weighted by atomic mass is 16.1. The molecule has 2 heterocycles. The number of aromatic nitrogens is 3. The molecule has 2 aromatic heterocycles. The average Bonchev–Trinajstić information content (AvgIpc) is 2.64. The van der Waals surface area contributed by atoms with Crippen LogP contribution in [0.5, 0.6) is 0 Å². The molecule has 0 unspecified atom stereocenters. The maximum absolute atomic E-state index is 10.9. The summed E-state index contributed by atoms with van der Waals surface area (Å²) in [6.45, 7) is 1.86. The van der Waals surface area contributed by atoms with Gasteiger partial charge in [0.15, 0.2) is 0 Å². The zero-order valence-corrected chi connectivity index (χ0v) is 8.21. The van der Waals surface area contributed by atoms with Crippen LogP contribution in [0.15, 0.2) is 30.6 Å². The number of rotatable bonds is 2. The number of primary amides is 1. The van der Waals surface area contributed by atoms with Crippen LogP contribution in [0, 0.1) is 6.92 Å². The Labute approximate surface area is 86.6 Å². The lowest BCUT2D eigenvalue weighted by atomic mass is 10.3. The summed E-state index contributed by atoms with van der Waals surface area (Å²) in [5.41, 5.74) is 5.40. The molecule has 0 aliphatic carbocycles. The van der Waals surface area contributed by atoms with E-state index in [9.17, 15) is 4.79 Å². The van der Waals surface area contributed by atoms with Gasteiger partial charge in [-0.15, -0.1) is 0 Å². The molecule has 0 aliphatic heterocycles. The Morgan fingerprint density at radius 2 is 2.27 bits per heavy atom. The number of hydrogen-bond donors (Lipinski definition) is 1. The molecule has 0 spiro atoms. The van der Waals surface area contributed by atoms with Gasteiger partial charge in [-0.1, -0.05) is 6.07 Å². The molecular formula is C10H10N4O. The van der Waals surface area contributed by atoms with E-state index in [-0.39, 0.29) is 5.69 Å². The maximum atomic E-state index is 10.9. The second-order valence-electron chi connectivity index (χ2n) is 3.09. The Morgan fingerprint density at radius 3 is 2.87 bits per heavy atom. The van der Waals surface area contributed by atoms with Crippen molar-refractivity contribution < 1.29 is 4.79 Å². The summed E-state index contributed by atoms with van der Waals surface area (Å²) in [6.07, 6.45) is 3.45. The van der Waals surface area contributed by atoms with E-state index in [1.807, 2.05) is 6.92 Å². The van der Waals surface area contributed by atoms with Gasteiger partial charge in [0.1, 0.15) is 17.3 Å². The third kappa shape index (κ3) is 1.71. The minimum Gasteiger partial charge on any atom is -0.364 e. The van der Waals surface area contributed by atoms with E-state index >= 15 is 0 Å². The van der Waals surface area contributed by atoms with Crippen LogP contribution in [-0.2, 0) is 0 Å². The molecule has 0 aliphatic rings. The van der Waals surface area contributed by atoms with Gasteiger partial charge in [-0.3, -0.25) is 9.36 Å². The van der Waals surface area contributed by atoms with Crippen molar-refractivity contribution in [2.45, 2.75) is 6.92 Å². The Bertz CT molecular complexity index is 504. The molecule has 1 amide bonds. The van der Waals surface area contributed by atoms with Crippen LogP contribution in [-0.4, -0.2) is 20.4 Å². The van der Waals surface area contributed by atoms with Gasteiger partial charge >= 0.3 is 0 Å². The van der Waals surface area contributed by atoms with E-state index in [4.69, 9.17) is 5.73 Å². The molecule has 2 aromatic rings. The summed E-state index contributed by atoms with van der Waals surface area (Å²) in [4.78, 5) is 19.1. The molecule has 5 heteroatoms. The summed E-state index contributed by atoms with van der Waals surface area (Å²) in [6, 6.07) is 5.11. The second kappa shape index (κ2) is 3.53. The zero-order valence-electron chi connectivity index (χ0n) is 8.21. The largest absolute Gasteiger partial charge is 0.364 e. The molecule has 0 atom stereocenters. The van der Waals surface area contributed by atoms with Crippen molar-refractivity contribution in [3.8, 4) is 5.82 Å². The van der Waals surface area contributed by atoms with E-state index in [1.54, 1.807) is 35.2 Å². The summed E-state index contributed by atoms with van der Waals surface area (Å²) in [7, 11) is 0. The van der Waals surface area contributed by atoms with Crippen molar-refractivity contribution in [1.29, 1.82) is 0 Å². The van der Waals surface area contributed by atoms with Crippen molar-refractivity contribution in [2.24, 2.45) is 5.73 Å². The predicted octanol–water partition coefficient (Wildman–Crippen LogP) is 0.675. The van der Waals surface area contributed by atoms with Crippen molar-refractivity contribution in [2.75, 3.05) is 0 Å². The summed E-state index contributed by atoms with van der Waals surface area (Å²) >= 11 is 0. The lowest BCUT2D eigenvalue weighted by Gasteiger charge is -2.04. The standard InChI is InChI=1S/C10H10N4O/c1-7-12-5-6-14(7)9-4-2-3-8(13-9)10(11)15/h2-6H,1H3,(H2,11,15). The molecule has 0 radical (unpaired) electrons. The van der Waals surface area contributed by atoms with Gasteiger partial charge in [-0.2, -0.15) is 0 Å². The number of pyridine rings is 1. The molecule has 15 heavy (non-hydrogen) atoms. The van der Waals surface area contributed by atoms with Crippen molar-refractivity contribution in [3.05, 3.63) is 42.1 Å². The number of carbonyl (C=O) groups is 1. The number of amides is 1. The fraction of sp³-hybridized carbons (Fsp3) is 0.100. The Hall–Kier alpha value is -2.17. The number of nitrogens with zero attached hydrogens (tertiary/aromatic N) is 3. The van der Waals surface area contributed by atoms with Gasteiger partial charge in [0.2, 0.25) is 0 Å². The summed E-state index contributed by atoms with van der Waals surface area (Å²) in [5.74, 6) is 0.917. The normalized spacial score (nSPS) is 10.2. The topological polar surface area (TPSA) is 73.8 Å². The molecule has 5 nitrogen and oxygen atoms in total. The first-order valence-electron chi connectivity index (χ1n) is 4.45. The van der Waals surface area contributed by atoms with Gasteiger partial charge in [0.05, 0.1) is 0 Å². The Balaban J connectivity index is 2.50. The van der Waals surface area contributed by atoms with Crippen LogP contribution in [0.2, 0.25) is 0 Å². The van der Waals surface area contributed by atoms with E-state index in [0.29, 0.717) is 5.82 Å². The van der Waals surface area contributed by atoms with E-state index in [0.717, 1.165) is 5.82 Å². The first-order valence-corrected chi connectivity index (χ1v) is 4.45. The van der Waals surface area contributed by atoms with Crippen LogP contribution in [0.3, 0.4) is 0 Å². The average molecular weight is 202 g/mol. The van der Waals surface area contributed by atoms with Gasteiger partial charge in [0.25, 0.3) is 5.91 Å². The first-order chi connectivity index (χ1) is 7.18. The third-order valence-corrected chi connectivity index (χ3v) is 2.06. The molecule has 0 fully saturated rings. The van der Waals surface area contributed by atoms with Crippen LogP contribution < -0.4 is 5.73 Å². The number of carbonyl (C=O) groups excluding carboxylic acids is 1. The molecule has 0 saturated heterocycles. The van der Waals surface area contributed by atoms with E-state index in [1.165, 1.54) is 0 Å². The van der Waals surface area contributed by atoms with Crippen molar-refractivity contribution in [1.82, 2.24) is 14.5 Å². The highest BCUT2D eigenvalue weighted by molar-refractivity contribution is 5.90. The molecule has 0 saturated carbocycles. The van der Waals surface area contributed by atoms with Crippen LogP contribution in [0.1, 0.15) is 16.3 Å². The first kappa shape index (κ1) is 9.39. The molecule has 2 N–H and O–H groups in total. The van der Waals surface area contributed by atoms with Crippen LogP contribution in [0.4, 0.5) is 0 Å². The number of nitrogens with two attached hydrogens (primary N) is 1. The van der Waals surface area contributed by atoms with Crippen LogP contribution in [0.25, 0.3) is 5.82 Å². The fourth-order valence-electron chi connectivity index (χ4n) is 1.31. The quantitative estimate of drug-likeness (QED) is 0.778. The molecule has 0 aromatic carbocycles. The third-order valence-electron chi connectivity index (χ3n) is 2.06. The van der Waals surface area contributed by atoms with E-state index < -0.39 is 5.91 Å². The van der Waals surface area contributed by atoms with Crippen LogP contribution >= 0.6 is 0 Å². The summed E-state index contributed by atoms with van der Waals surface area (Å²) in [5, 5.41) is 0. The number of imidazole rings is 1. The fourth-order valence-corrected chi connectivity index (χ4v) is 1.31. The highest BCUT2D eigenvalue weighted by Gasteiger charge is 2.05. The molecular weight excluding hydrogens is 192 g/mol. The number of hydrogen-bond acceptors (Lipinski definition) is 3. The van der Waals surface area contributed by atoms with Gasteiger partial charge in [0, 0.05) is 12.4 Å². The minimum absolute atomic E-state index is 0.251. The molecule has 2 rings (SSSR count). The lowest BCUT2D eigenvalue weighted by Crippen LogP contribution is -2.14. The summed E-state index contributed by atoms with van der Waals surface area (Å²) < 4.78 is 1.78. The predicted molar refractivity (Wildman–Crippen MR) is 54.6 cm³/mol. The number of aryl methyl sites for hydroxylation is 1. The van der Waals surface area contributed by atoms with Gasteiger partial charge in [-0.05, 0) is 19.1 Å². The SMILES string of the molecule is Cc1nccn1-c1cccc(C(N)=O)n1. The monoisotopic (exact) mass is 202 g/mol. The maximum Gasteiger partial charge on any atom is 0.267 e. The second-order valence-corrected chi connectivity index (χ2v) is 3.09. The van der Waals surface area contributed by atoms with Gasteiger partial charge in [-0.25, -0.2) is 9.97 Å². The van der Waals surface area contributed by atoms with Crippen molar-refractivity contribution in [3.63, 3.8) is 0 Å². The smallest absolute Gasteiger partial charge is 0.267 e. The zero-order chi connectivity index (χ0) is 10.8. The van der Waals surface area contributed by atoms with Crippen molar-refractivity contribution >= 4 is 5.91 Å².